The summed E-state index contributed by atoms with van der Waals surface area (Å²) >= 11 is 1.92. The van der Waals surface area contributed by atoms with Gasteiger partial charge in [0.05, 0.1) is 0 Å². The molecule has 1 aromatic heterocycles. The highest BCUT2D eigenvalue weighted by Crippen LogP contribution is 2.33. The van der Waals surface area contributed by atoms with Crippen LogP contribution in [0, 0.1) is 5.92 Å². The second-order valence-electron chi connectivity index (χ2n) is 5.86. The van der Waals surface area contributed by atoms with Crippen LogP contribution in [-0.4, -0.2) is 30.6 Å². The Bertz CT molecular complexity index is 372. The van der Waals surface area contributed by atoms with E-state index in [1.165, 1.54) is 13.0 Å². The van der Waals surface area contributed by atoms with Crippen LogP contribution in [0.15, 0.2) is 11.4 Å². The van der Waals surface area contributed by atoms with Crippen molar-refractivity contribution in [2.75, 3.05) is 19.6 Å². The number of hydrogen-bond acceptors (Lipinski definition) is 3. The van der Waals surface area contributed by atoms with Crippen LogP contribution in [0.1, 0.15) is 44.2 Å². The second-order valence-corrected chi connectivity index (χ2v) is 6.86. The molecule has 1 aromatic rings. The molecule has 0 aliphatic carbocycles. The Morgan fingerprint density at radius 3 is 2.89 bits per heavy atom. The number of nitrogens with zero attached hydrogens (tertiary/aromatic N) is 1. The lowest BCUT2D eigenvalue weighted by Crippen LogP contribution is -2.45. The summed E-state index contributed by atoms with van der Waals surface area (Å²) in [6.07, 6.45) is 1.23. The molecule has 2 unspecified atom stereocenters. The summed E-state index contributed by atoms with van der Waals surface area (Å²) in [5.41, 5.74) is 1.56. The Labute approximate surface area is 115 Å². The molecule has 2 heterocycles. The van der Waals surface area contributed by atoms with Crippen molar-refractivity contribution in [1.29, 1.82) is 0 Å². The number of fused-ring (bicyclic) bond motifs is 1. The maximum atomic E-state index is 3.58. The quantitative estimate of drug-likeness (QED) is 0.879. The third-order valence-corrected chi connectivity index (χ3v) is 4.88. The molecular formula is C15H26N2S. The molecule has 1 aliphatic heterocycles. The molecule has 1 N–H and O–H groups in total. The Morgan fingerprint density at radius 2 is 2.17 bits per heavy atom. The average Bonchev–Trinajstić information content (AvgIpc) is 2.77. The van der Waals surface area contributed by atoms with Gasteiger partial charge in [-0.25, -0.2) is 0 Å². The van der Waals surface area contributed by atoms with E-state index in [1.807, 2.05) is 11.3 Å². The van der Waals surface area contributed by atoms with Crippen molar-refractivity contribution in [3.05, 3.63) is 21.9 Å². The number of hydrogen-bond donors (Lipinski definition) is 1. The molecule has 1 aliphatic rings. The summed E-state index contributed by atoms with van der Waals surface area (Å²) in [4.78, 5) is 4.24. The van der Waals surface area contributed by atoms with Crippen molar-refractivity contribution in [1.82, 2.24) is 10.2 Å². The van der Waals surface area contributed by atoms with E-state index in [4.69, 9.17) is 0 Å². The van der Waals surface area contributed by atoms with Gasteiger partial charge in [0.2, 0.25) is 0 Å². The summed E-state index contributed by atoms with van der Waals surface area (Å²) in [6.45, 7) is 12.7. The van der Waals surface area contributed by atoms with Gasteiger partial charge in [-0.15, -0.1) is 11.3 Å². The van der Waals surface area contributed by atoms with Crippen LogP contribution in [0.25, 0.3) is 0 Å². The van der Waals surface area contributed by atoms with E-state index in [2.05, 4.69) is 49.4 Å². The smallest absolute Gasteiger partial charge is 0.0334 e. The minimum atomic E-state index is 0.579. The second kappa shape index (κ2) is 6.18. The molecule has 2 rings (SSSR count). The van der Waals surface area contributed by atoms with Gasteiger partial charge in [0.25, 0.3) is 0 Å². The summed E-state index contributed by atoms with van der Waals surface area (Å²) in [6, 6.07) is 3.51. The SMILES string of the molecule is CC(C)CNCC(C)N1CCc2sccc2C1C. The van der Waals surface area contributed by atoms with Gasteiger partial charge in [-0.3, -0.25) is 4.90 Å². The lowest BCUT2D eigenvalue weighted by molar-refractivity contribution is 0.142. The minimum Gasteiger partial charge on any atom is -0.315 e. The fourth-order valence-electron chi connectivity index (χ4n) is 2.83. The molecule has 18 heavy (non-hydrogen) atoms. The monoisotopic (exact) mass is 266 g/mol. The van der Waals surface area contributed by atoms with Crippen LogP contribution in [-0.2, 0) is 6.42 Å². The molecule has 0 amide bonds. The predicted octanol–water partition coefficient (Wildman–Crippen LogP) is 3.30. The lowest BCUT2D eigenvalue weighted by atomic mass is 9.99. The van der Waals surface area contributed by atoms with Gasteiger partial charge in [-0.2, -0.15) is 0 Å². The Morgan fingerprint density at radius 1 is 1.39 bits per heavy atom. The first-order valence-electron chi connectivity index (χ1n) is 7.12. The average molecular weight is 266 g/mol. The first-order chi connectivity index (χ1) is 8.59. The zero-order valence-electron chi connectivity index (χ0n) is 12.1. The molecule has 2 atom stereocenters. The molecule has 3 heteroatoms. The van der Waals surface area contributed by atoms with Crippen LogP contribution >= 0.6 is 11.3 Å². The summed E-state index contributed by atoms with van der Waals surface area (Å²) < 4.78 is 0. The highest BCUT2D eigenvalue weighted by Gasteiger charge is 2.27. The van der Waals surface area contributed by atoms with Crippen LogP contribution in [0.5, 0.6) is 0 Å². The molecule has 0 aromatic carbocycles. The van der Waals surface area contributed by atoms with Gasteiger partial charge < -0.3 is 5.32 Å². The Kier molecular flexibility index (Phi) is 4.82. The molecule has 102 valence electrons. The first kappa shape index (κ1) is 14.0. The van der Waals surface area contributed by atoms with E-state index in [1.54, 1.807) is 10.4 Å². The van der Waals surface area contributed by atoms with Gasteiger partial charge in [-0.1, -0.05) is 13.8 Å². The van der Waals surface area contributed by atoms with Crippen LogP contribution in [0.4, 0.5) is 0 Å². The van der Waals surface area contributed by atoms with Crippen LogP contribution in [0.2, 0.25) is 0 Å². The lowest BCUT2D eigenvalue weighted by Gasteiger charge is -2.38. The molecule has 0 fully saturated rings. The molecular weight excluding hydrogens is 240 g/mol. The Balaban J connectivity index is 1.90. The standard InChI is InChI=1S/C15H26N2S/c1-11(2)9-16-10-12(3)17-7-5-15-14(13(17)4)6-8-18-15/h6,8,11-13,16H,5,7,9-10H2,1-4H3. The van der Waals surface area contributed by atoms with Crippen molar-refractivity contribution in [2.45, 2.75) is 46.2 Å². The molecule has 0 saturated heterocycles. The topological polar surface area (TPSA) is 15.3 Å². The fraction of sp³-hybridized carbons (Fsp3) is 0.733. The van der Waals surface area contributed by atoms with Gasteiger partial charge in [0, 0.05) is 30.1 Å². The van der Waals surface area contributed by atoms with Gasteiger partial charge in [-0.05, 0) is 49.7 Å². The van der Waals surface area contributed by atoms with E-state index in [0.717, 1.165) is 19.0 Å². The van der Waals surface area contributed by atoms with Crippen molar-refractivity contribution < 1.29 is 0 Å². The minimum absolute atomic E-state index is 0.579. The third-order valence-electron chi connectivity index (χ3n) is 3.88. The van der Waals surface area contributed by atoms with Crippen LogP contribution < -0.4 is 5.32 Å². The molecule has 2 nitrogen and oxygen atoms in total. The highest BCUT2D eigenvalue weighted by atomic mass is 32.1. The van der Waals surface area contributed by atoms with Crippen LogP contribution in [0.3, 0.4) is 0 Å². The number of nitrogens with one attached hydrogen (secondary N) is 1. The molecule has 0 bridgehead atoms. The first-order valence-corrected chi connectivity index (χ1v) is 8.00. The van der Waals surface area contributed by atoms with Crippen molar-refractivity contribution in [2.24, 2.45) is 5.92 Å². The van der Waals surface area contributed by atoms with E-state index in [-0.39, 0.29) is 0 Å². The Hall–Kier alpha value is -0.380. The van der Waals surface area contributed by atoms with Gasteiger partial charge in [0.1, 0.15) is 0 Å². The molecule has 0 spiro atoms. The van der Waals surface area contributed by atoms with Gasteiger partial charge >= 0.3 is 0 Å². The summed E-state index contributed by atoms with van der Waals surface area (Å²) in [5.74, 6) is 0.736. The maximum Gasteiger partial charge on any atom is 0.0334 e. The van der Waals surface area contributed by atoms with E-state index in [9.17, 15) is 0 Å². The van der Waals surface area contributed by atoms with Crippen molar-refractivity contribution in [3.8, 4) is 0 Å². The fourth-order valence-corrected chi connectivity index (χ4v) is 3.79. The third kappa shape index (κ3) is 3.14. The predicted molar refractivity (Wildman–Crippen MR) is 80.3 cm³/mol. The van der Waals surface area contributed by atoms with Crippen molar-refractivity contribution >= 4 is 11.3 Å². The summed E-state index contributed by atoms with van der Waals surface area (Å²) in [5, 5.41) is 5.82. The number of thiophene rings is 1. The number of rotatable bonds is 5. The van der Waals surface area contributed by atoms with E-state index < -0.39 is 0 Å². The highest BCUT2D eigenvalue weighted by molar-refractivity contribution is 7.10. The largest absolute Gasteiger partial charge is 0.315 e. The van der Waals surface area contributed by atoms with E-state index in [0.29, 0.717) is 12.1 Å². The van der Waals surface area contributed by atoms with E-state index >= 15 is 0 Å². The summed E-state index contributed by atoms with van der Waals surface area (Å²) in [7, 11) is 0. The zero-order chi connectivity index (χ0) is 13.1. The maximum absolute atomic E-state index is 3.58. The molecule has 0 radical (unpaired) electrons. The normalized spacial score (nSPS) is 22.2. The molecule has 0 saturated carbocycles. The van der Waals surface area contributed by atoms with Gasteiger partial charge in [0.15, 0.2) is 0 Å². The zero-order valence-corrected chi connectivity index (χ0v) is 12.9. The van der Waals surface area contributed by atoms with Crippen molar-refractivity contribution in [3.63, 3.8) is 0 Å².